The van der Waals surface area contributed by atoms with Crippen LogP contribution in [0.25, 0.3) is 0 Å². The van der Waals surface area contributed by atoms with Crippen LogP contribution in [0.1, 0.15) is 56.6 Å². The Labute approximate surface area is 168 Å². The number of ether oxygens (including phenoxy) is 1. The fraction of sp³-hybridized carbons (Fsp3) is 0.478. The highest BCUT2D eigenvalue weighted by atomic mass is 32.2. The lowest BCUT2D eigenvalue weighted by Crippen LogP contribution is -2.50. The Kier molecular flexibility index (Phi) is 6.28. The maximum Gasteiger partial charge on any atom is 0.206 e. The molecule has 0 radical (unpaired) electrons. The Balaban J connectivity index is 2.34. The van der Waals surface area contributed by atoms with Gasteiger partial charge in [0.2, 0.25) is 9.84 Å². The number of benzene rings is 2. The van der Waals surface area contributed by atoms with E-state index in [-0.39, 0.29) is 4.90 Å². The first-order valence-electron chi connectivity index (χ1n) is 10.0. The molecule has 0 saturated carbocycles. The Hall–Kier alpha value is -1.69. The van der Waals surface area contributed by atoms with Crippen LogP contribution in [-0.2, 0) is 14.6 Å². The number of sulfone groups is 1. The van der Waals surface area contributed by atoms with E-state index in [9.17, 15) is 13.5 Å². The van der Waals surface area contributed by atoms with E-state index in [1.807, 2.05) is 49.4 Å². The molecule has 4 nitrogen and oxygen atoms in total. The van der Waals surface area contributed by atoms with Crippen molar-refractivity contribution in [2.24, 2.45) is 5.41 Å². The molecule has 2 aromatic rings. The molecule has 4 atom stereocenters. The molecule has 5 heteroatoms. The monoisotopic (exact) mass is 402 g/mol. The maximum absolute atomic E-state index is 13.7. The van der Waals surface area contributed by atoms with Gasteiger partial charge in [-0.15, -0.1) is 0 Å². The standard InChI is InChI=1S/C23H30O4S/c1-4-6-16-23(5-2)21(24)20(17-12-8-7-9-13-17)18-14-10-11-15-19(18)28(25,26)22(23)27-3/h7-15,20-22,24H,4-6,16H2,1-3H3. The molecule has 0 aromatic heterocycles. The van der Waals surface area contributed by atoms with Crippen molar-refractivity contribution in [2.45, 2.75) is 61.9 Å². The van der Waals surface area contributed by atoms with Gasteiger partial charge in [-0.25, -0.2) is 8.42 Å². The number of aliphatic hydroxyl groups excluding tert-OH is 1. The highest BCUT2D eigenvalue weighted by Gasteiger charge is 2.56. The van der Waals surface area contributed by atoms with Crippen molar-refractivity contribution in [1.82, 2.24) is 0 Å². The van der Waals surface area contributed by atoms with Gasteiger partial charge in [-0.1, -0.05) is 75.2 Å². The van der Waals surface area contributed by atoms with Gasteiger partial charge in [0.25, 0.3) is 0 Å². The third-order valence-electron chi connectivity index (χ3n) is 6.24. The Morgan fingerprint density at radius 3 is 2.29 bits per heavy atom. The lowest BCUT2D eigenvalue weighted by molar-refractivity contribution is -0.0664. The molecule has 0 fully saturated rings. The second-order valence-electron chi connectivity index (χ2n) is 7.67. The first-order valence-corrected chi connectivity index (χ1v) is 11.6. The van der Waals surface area contributed by atoms with Crippen LogP contribution in [0, 0.1) is 5.41 Å². The molecule has 0 aliphatic carbocycles. The Morgan fingerprint density at radius 2 is 1.68 bits per heavy atom. The van der Waals surface area contributed by atoms with Crippen LogP contribution in [0.15, 0.2) is 59.5 Å². The molecule has 0 amide bonds. The van der Waals surface area contributed by atoms with E-state index in [4.69, 9.17) is 4.74 Å². The Bertz CT molecular complexity index is 894. The summed E-state index contributed by atoms with van der Waals surface area (Å²) in [6, 6.07) is 16.8. The van der Waals surface area contributed by atoms with E-state index in [0.29, 0.717) is 18.4 Å². The second-order valence-corrected chi connectivity index (χ2v) is 9.63. The average molecular weight is 403 g/mol. The molecule has 0 spiro atoms. The van der Waals surface area contributed by atoms with Crippen molar-refractivity contribution in [2.75, 3.05) is 7.11 Å². The van der Waals surface area contributed by atoms with Gasteiger partial charge in [0.15, 0.2) is 5.44 Å². The van der Waals surface area contributed by atoms with Crippen LogP contribution < -0.4 is 0 Å². The van der Waals surface area contributed by atoms with Crippen molar-refractivity contribution in [3.63, 3.8) is 0 Å². The highest BCUT2D eigenvalue weighted by Crippen LogP contribution is 2.52. The number of aliphatic hydroxyl groups is 1. The summed E-state index contributed by atoms with van der Waals surface area (Å²) in [6.45, 7) is 4.03. The molecular weight excluding hydrogens is 372 g/mol. The van der Waals surface area contributed by atoms with Gasteiger partial charge in [-0.05, 0) is 30.0 Å². The third-order valence-corrected chi connectivity index (χ3v) is 8.45. The van der Waals surface area contributed by atoms with Gasteiger partial charge >= 0.3 is 0 Å². The largest absolute Gasteiger partial charge is 0.391 e. The van der Waals surface area contributed by atoms with Crippen LogP contribution in [0.4, 0.5) is 0 Å². The van der Waals surface area contributed by atoms with Crippen molar-refractivity contribution >= 4 is 9.84 Å². The molecule has 1 heterocycles. The minimum Gasteiger partial charge on any atom is -0.391 e. The first kappa shape index (κ1) is 21.0. The summed E-state index contributed by atoms with van der Waals surface area (Å²) in [4.78, 5) is 0.265. The number of hydrogen-bond donors (Lipinski definition) is 1. The van der Waals surface area contributed by atoms with Gasteiger partial charge < -0.3 is 9.84 Å². The molecule has 1 aliphatic heterocycles. The fourth-order valence-corrected chi connectivity index (χ4v) is 7.09. The van der Waals surface area contributed by atoms with E-state index in [1.54, 1.807) is 12.1 Å². The lowest BCUT2D eigenvalue weighted by Gasteiger charge is -2.43. The van der Waals surface area contributed by atoms with E-state index >= 15 is 0 Å². The van der Waals surface area contributed by atoms with E-state index in [2.05, 4.69) is 6.92 Å². The number of rotatable bonds is 6. The normalized spacial score (nSPS) is 29.1. The minimum absolute atomic E-state index is 0.265. The number of methoxy groups -OCH3 is 1. The highest BCUT2D eigenvalue weighted by molar-refractivity contribution is 7.92. The summed E-state index contributed by atoms with van der Waals surface area (Å²) in [7, 11) is -2.33. The molecule has 28 heavy (non-hydrogen) atoms. The van der Waals surface area contributed by atoms with Gasteiger partial charge in [-0.3, -0.25) is 0 Å². The second kappa shape index (κ2) is 8.36. The van der Waals surface area contributed by atoms with Crippen LogP contribution in [0.5, 0.6) is 0 Å². The summed E-state index contributed by atoms with van der Waals surface area (Å²) in [5.41, 5.74) is -0.399. The molecule has 3 rings (SSSR count). The quantitative estimate of drug-likeness (QED) is 0.771. The van der Waals surface area contributed by atoms with Crippen LogP contribution in [0.2, 0.25) is 0 Å². The summed E-state index contributed by atoms with van der Waals surface area (Å²) in [6.07, 6.45) is 1.99. The van der Waals surface area contributed by atoms with Crippen molar-refractivity contribution in [1.29, 1.82) is 0 Å². The van der Waals surface area contributed by atoms with Crippen molar-refractivity contribution in [3.8, 4) is 0 Å². The zero-order chi connectivity index (χ0) is 20.4. The number of hydrogen-bond acceptors (Lipinski definition) is 4. The molecule has 152 valence electrons. The minimum atomic E-state index is -3.78. The van der Waals surface area contributed by atoms with Crippen molar-refractivity contribution in [3.05, 3.63) is 65.7 Å². The smallest absolute Gasteiger partial charge is 0.206 e. The first-order chi connectivity index (χ1) is 13.4. The molecule has 0 bridgehead atoms. The van der Waals surface area contributed by atoms with E-state index in [0.717, 1.165) is 18.4 Å². The lowest BCUT2D eigenvalue weighted by atomic mass is 9.68. The van der Waals surface area contributed by atoms with Crippen molar-refractivity contribution < 1.29 is 18.3 Å². The zero-order valence-corrected chi connectivity index (χ0v) is 17.7. The number of fused-ring (bicyclic) bond motifs is 1. The van der Waals surface area contributed by atoms with Crippen LogP contribution in [-0.4, -0.2) is 32.2 Å². The third kappa shape index (κ3) is 3.30. The Morgan fingerprint density at radius 1 is 1.04 bits per heavy atom. The average Bonchev–Trinajstić information content (AvgIpc) is 2.77. The van der Waals surface area contributed by atoms with E-state index < -0.39 is 32.7 Å². The zero-order valence-electron chi connectivity index (χ0n) is 16.8. The number of unbranched alkanes of at least 4 members (excludes halogenated alkanes) is 1. The molecule has 1 N–H and O–H groups in total. The predicted molar refractivity (Wildman–Crippen MR) is 111 cm³/mol. The van der Waals surface area contributed by atoms with E-state index in [1.165, 1.54) is 7.11 Å². The summed E-state index contributed by atoms with van der Waals surface area (Å²) < 4.78 is 33.0. The van der Waals surface area contributed by atoms with Gasteiger partial charge in [0.1, 0.15) is 0 Å². The van der Waals surface area contributed by atoms with Gasteiger partial charge in [0.05, 0.1) is 11.0 Å². The predicted octanol–water partition coefficient (Wildman–Crippen LogP) is 4.53. The van der Waals surface area contributed by atoms with Crippen LogP contribution in [0.3, 0.4) is 0 Å². The SMILES string of the molecule is CCCCC1(CC)C(O)C(c2ccccc2)c2ccccc2S(=O)(=O)C1OC. The molecular formula is C23H30O4S. The molecule has 2 aromatic carbocycles. The van der Waals surface area contributed by atoms with Gasteiger partial charge in [-0.2, -0.15) is 0 Å². The summed E-state index contributed by atoms with van der Waals surface area (Å²) in [5, 5.41) is 11.8. The summed E-state index contributed by atoms with van der Waals surface area (Å²) in [5.74, 6) is -0.427. The molecule has 1 aliphatic rings. The van der Waals surface area contributed by atoms with Crippen LogP contribution >= 0.6 is 0 Å². The maximum atomic E-state index is 13.7. The molecule has 4 unspecified atom stereocenters. The molecule has 0 saturated heterocycles. The summed E-state index contributed by atoms with van der Waals surface area (Å²) >= 11 is 0. The fourth-order valence-electron chi connectivity index (χ4n) is 4.77. The van der Waals surface area contributed by atoms with Gasteiger partial charge in [0, 0.05) is 18.4 Å². The topological polar surface area (TPSA) is 63.6 Å².